The van der Waals surface area contributed by atoms with Crippen LogP contribution in [0.15, 0.2) is 343 Å². The third kappa shape index (κ3) is 14.2. The van der Waals surface area contributed by atoms with Crippen molar-refractivity contribution in [3.8, 4) is 67.0 Å². The van der Waals surface area contributed by atoms with Crippen LogP contribution in [0.25, 0.3) is 143 Å². The lowest BCUT2D eigenvalue weighted by molar-refractivity contribution is -0.0000220. The Labute approximate surface area is 577 Å². The maximum Gasteiger partial charge on any atom is 0.488 e. The Balaban J connectivity index is 0.000000170. The van der Waals surface area contributed by atoms with Gasteiger partial charge in [-0.2, -0.15) is 0 Å². The summed E-state index contributed by atoms with van der Waals surface area (Å²) in [5.74, 6) is 0. The molecule has 17 rings (SSSR count). The quantitative estimate of drug-likeness (QED) is 0.118. The Bertz CT molecular complexity index is 5290. The average Bonchev–Trinajstić information content (AvgIpc) is 1.59. The number of hydrogen-bond acceptors (Lipinski definition) is 2. The first kappa shape index (κ1) is 68.5. The fraction of sp³-hybridized carbons (Fsp3) is 0. The minimum absolute atomic E-state index is 0. The largest absolute Gasteiger partial charge is 1.00 e. The first-order valence-electron chi connectivity index (χ1n) is 30.9. The molecule has 98 heavy (non-hydrogen) atoms. The van der Waals surface area contributed by atoms with Gasteiger partial charge < -0.3 is 23.9 Å². The number of nitrogens with zero attached hydrogens (tertiary/aromatic N) is 2. The Hall–Kier alpha value is -10.9. The van der Waals surface area contributed by atoms with Gasteiger partial charge in [0.25, 0.3) is 0 Å². The second-order valence-corrected chi connectivity index (χ2v) is 24.7. The number of halogens is 9. The molecule has 0 saturated carbocycles. The van der Waals surface area contributed by atoms with Crippen LogP contribution in [0, 0.1) is 0 Å². The van der Waals surface area contributed by atoms with E-state index in [9.17, 15) is 0 Å². The molecule has 0 radical (unpaired) electrons. The summed E-state index contributed by atoms with van der Waals surface area (Å²) < 4.78 is 54.9. The Morgan fingerprint density at radius 1 is 0.245 bits per heavy atom. The standard InChI is InChI=1S/C50H33N.C18H11Br2N.C16H13BO2.3F2.FH/c1-2-14-42(15-3-1)51-49-30-28-40(34-20-24-38(25-21-34)45-18-8-12-36-10-4-6-16-43(36)45)32-47(49)48-33-41(29-31-50(48)51)35-22-26-39(27-23-35)46-19-9-13-37-11-5-7-17-44(37)46;19-12-6-8-17-15(10-12)16-11-13(20)7-9-18(16)21(17)14-4-2-1-3-5-14;18-17(19)14-10-8-13(9-11-14)16-7-3-5-12-4-1-2-6-15(12)16;3*1-2;/h1-33H;1-11H;1-11,18-19H;;;;1H/p-1. The number of para-hydroxylation sites is 2. The number of benzene rings is 15. The van der Waals surface area contributed by atoms with E-state index >= 15 is 0 Å². The molecule has 0 spiro atoms. The van der Waals surface area contributed by atoms with E-state index < -0.39 is 7.12 Å². The molecule has 0 unspecified atom stereocenters. The lowest BCUT2D eigenvalue weighted by Gasteiger charge is -2.10. The van der Waals surface area contributed by atoms with Crippen molar-refractivity contribution < 1.29 is 42.2 Å². The number of rotatable bonds is 8. The van der Waals surface area contributed by atoms with Crippen molar-refractivity contribution in [3.63, 3.8) is 0 Å². The molecule has 0 aliphatic carbocycles. The molecule has 0 bridgehead atoms. The van der Waals surface area contributed by atoms with Crippen LogP contribution in [0.3, 0.4) is 0 Å². The first-order chi connectivity index (χ1) is 47.8. The van der Waals surface area contributed by atoms with E-state index in [-0.39, 0.29) is 4.70 Å². The molecule has 2 heterocycles. The van der Waals surface area contributed by atoms with E-state index in [0.29, 0.717) is 5.46 Å². The summed E-state index contributed by atoms with van der Waals surface area (Å²) in [6.07, 6.45) is 0. The molecular formula is C84H57BBr2F7N2O2-. The molecule has 0 saturated heterocycles. The van der Waals surface area contributed by atoms with E-state index in [4.69, 9.17) is 37.5 Å². The lowest BCUT2D eigenvalue weighted by Crippen LogP contribution is -3.00. The molecule has 0 aliphatic rings. The van der Waals surface area contributed by atoms with Crippen LogP contribution in [0.4, 0.5) is 27.4 Å². The Kier molecular flexibility index (Phi) is 22.2. The van der Waals surface area contributed by atoms with Gasteiger partial charge in [-0.1, -0.05) is 281 Å². The van der Waals surface area contributed by atoms with Crippen LogP contribution >= 0.6 is 31.9 Å². The van der Waals surface area contributed by atoms with Crippen molar-refractivity contribution in [3.05, 3.63) is 343 Å². The monoisotopic (exact) mass is 1430 g/mol. The summed E-state index contributed by atoms with van der Waals surface area (Å²) in [7, 11) is -1.42. The zero-order valence-corrected chi connectivity index (χ0v) is 55.2. The van der Waals surface area contributed by atoms with Gasteiger partial charge in [0, 0.05) is 69.3 Å². The highest BCUT2D eigenvalue weighted by Gasteiger charge is 2.18. The molecule has 0 amide bonds. The fourth-order valence-corrected chi connectivity index (χ4v) is 13.7. The summed E-state index contributed by atoms with van der Waals surface area (Å²) >= 11 is 7.16. The molecule has 0 atom stereocenters. The summed E-state index contributed by atoms with van der Waals surface area (Å²) in [5, 5.41) is 30.7. The summed E-state index contributed by atoms with van der Waals surface area (Å²) in [6.45, 7) is 0. The van der Waals surface area contributed by atoms with Crippen LogP contribution < -0.4 is 10.2 Å². The van der Waals surface area contributed by atoms with Crippen molar-refractivity contribution in [2.75, 3.05) is 0 Å². The van der Waals surface area contributed by atoms with Gasteiger partial charge >= 0.3 is 7.12 Å². The van der Waals surface area contributed by atoms with Crippen LogP contribution in [0.5, 0.6) is 0 Å². The zero-order chi connectivity index (χ0) is 67.4. The van der Waals surface area contributed by atoms with Crippen molar-refractivity contribution in [1.29, 1.82) is 0 Å². The van der Waals surface area contributed by atoms with Crippen LogP contribution in [0.2, 0.25) is 0 Å². The molecule has 14 heteroatoms. The van der Waals surface area contributed by atoms with Crippen molar-refractivity contribution in [1.82, 2.24) is 9.13 Å². The average molecular weight is 1430 g/mol. The van der Waals surface area contributed by atoms with Crippen LogP contribution in [0.1, 0.15) is 0 Å². The van der Waals surface area contributed by atoms with Gasteiger partial charge in [0.1, 0.15) is 0 Å². The molecule has 2 N–H and O–H groups in total. The van der Waals surface area contributed by atoms with Gasteiger partial charge in [-0.15, -0.1) is 0 Å². The van der Waals surface area contributed by atoms with Crippen molar-refractivity contribution >= 4 is 120 Å². The number of hydrogen-bond donors (Lipinski definition) is 2. The lowest BCUT2D eigenvalue weighted by atomic mass is 9.79. The summed E-state index contributed by atoms with van der Waals surface area (Å²) in [4.78, 5) is 0. The minimum Gasteiger partial charge on any atom is -1.00 e. The summed E-state index contributed by atoms with van der Waals surface area (Å²) in [5.41, 5.74) is 19.7. The number of aromatic nitrogens is 2. The van der Waals surface area contributed by atoms with Gasteiger partial charge in [0.15, 0.2) is 0 Å². The molecule has 0 aliphatic heterocycles. The zero-order valence-electron chi connectivity index (χ0n) is 52.0. The van der Waals surface area contributed by atoms with Crippen LogP contribution in [-0.4, -0.2) is 26.3 Å². The van der Waals surface area contributed by atoms with Crippen molar-refractivity contribution in [2.45, 2.75) is 0 Å². The number of fused-ring (bicyclic) bond motifs is 9. The van der Waals surface area contributed by atoms with E-state index in [1.807, 2.05) is 36.4 Å². The van der Waals surface area contributed by atoms with Gasteiger partial charge in [0.2, 0.25) is 0 Å². The predicted molar refractivity (Wildman–Crippen MR) is 400 cm³/mol. The smallest absolute Gasteiger partial charge is 0.488 e. The highest BCUT2D eigenvalue weighted by atomic mass is 79.9. The Morgan fingerprint density at radius 2 is 0.510 bits per heavy atom. The normalized spacial score (nSPS) is 10.7. The Morgan fingerprint density at radius 3 is 0.847 bits per heavy atom. The molecule has 482 valence electrons. The molecule has 17 aromatic rings. The summed E-state index contributed by atoms with van der Waals surface area (Å²) in [6, 6.07) is 118. The SMILES string of the molecule is Brc1ccc2c(c1)c1cc(Br)ccc1n2-c1ccccc1.FF.FF.FF.OB(O)c1ccc(-c2cccc3ccccc23)cc1.[F-].c1ccc(-n2c3ccc(-c4ccc(-c5cccc6ccccc56)cc4)cc3c3cc(-c4ccc(-c5cccc6ccccc56)cc4)ccc32)cc1. The maximum absolute atomic E-state index is 9.11. The van der Waals surface area contributed by atoms with E-state index in [1.165, 1.54) is 126 Å². The second kappa shape index (κ2) is 31.8. The predicted octanol–water partition coefficient (Wildman–Crippen LogP) is 21.8. The third-order valence-electron chi connectivity index (χ3n) is 17.4. The van der Waals surface area contributed by atoms with Gasteiger partial charge in [0.05, 0.1) is 22.1 Å². The van der Waals surface area contributed by atoms with Gasteiger partial charge in [-0.3, -0.25) is 0 Å². The maximum atomic E-state index is 9.11. The van der Waals surface area contributed by atoms with E-state index in [2.05, 4.69) is 326 Å². The molecule has 2 aromatic heterocycles. The second-order valence-electron chi connectivity index (χ2n) is 22.9. The van der Waals surface area contributed by atoms with Gasteiger partial charge in [-0.05, 0) is 178 Å². The topological polar surface area (TPSA) is 50.3 Å². The van der Waals surface area contributed by atoms with E-state index in [0.717, 1.165) is 25.8 Å². The molecular weight excluding hydrogens is 1370 g/mol. The molecule has 4 nitrogen and oxygen atoms in total. The minimum atomic E-state index is -1.42. The fourth-order valence-electron chi connectivity index (χ4n) is 13.0. The molecule has 0 fully saturated rings. The molecule has 15 aromatic carbocycles. The highest BCUT2D eigenvalue weighted by molar-refractivity contribution is 9.10. The van der Waals surface area contributed by atoms with E-state index in [1.54, 1.807) is 12.1 Å². The van der Waals surface area contributed by atoms with Crippen LogP contribution in [-0.2, 0) is 0 Å². The third-order valence-corrected chi connectivity index (χ3v) is 18.4. The first-order valence-corrected chi connectivity index (χ1v) is 32.5. The highest BCUT2D eigenvalue weighted by Crippen LogP contribution is 2.40. The van der Waals surface area contributed by atoms with Gasteiger partial charge in [-0.25, -0.2) is 0 Å². The van der Waals surface area contributed by atoms with Crippen molar-refractivity contribution in [2.24, 2.45) is 0 Å².